The third-order valence-corrected chi connectivity index (χ3v) is 10.3. The van der Waals surface area contributed by atoms with Crippen molar-refractivity contribution in [3.8, 4) is 0 Å². The third-order valence-electron chi connectivity index (χ3n) is 7.77. The molecule has 198 valence electrons. The van der Waals surface area contributed by atoms with Crippen LogP contribution in [0.2, 0.25) is 5.02 Å². The van der Waals surface area contributed by atoms with E-state index in [1.807, 2.05) is 24.3 Å². The van der Waals surface area contributed by atoms with E-state index in [1.54, 1.807) is 20.8 Å². The zero-order chi connectivity index (χ0) is 26.0. The Morgan fingerprint density at radius 2 is 1.56 bits per heavy atom. The lowest BCUT2D eigenvalue weighted by molar-refractivity contribution is 0.0118. The lowest BCUT2D eigenvalue weighted by Gasteiger charge is -2.39. The van der Waals surface area contributed by atoms with Crippen LogP contribution in [0.1, 0.15) is 64.9 Å². The molecule has 1 saturated heterocycles. The molecule has 0 spiro atoms. The molecular formula is C28H40ClN3O3S. The molecule has 0 aromatic heterocycles. The van der Waals surface area contributed by atoms with Gasteiger partial charge in [0.05, 0.1) is 10.3 Å². The largest absolute Gasteiger partial charge is 0.385 e. The van der Waals surface area contributed by atoms with E-state index in [0.29, 0.717) is 23.8 Å². The van der Waals surface area contributed by atoms with Crippen molar-refractivity contribution in [1.29, 1.82) is 0 Å². The lowest BCUT2D eigenvalue weighted by atomic mass is 9.84. The first-order chi connectivity index (χ1) is 17.0. The summed E-state index contributed by atoms with van der Waals surface area (Å²) < 4.78 is 27.0. The number of nitrogens with one attached hydrogen (secondary N) is 2. The van der Waals surface area contributed by atoms with Crippen molar-refractivity contribution < 1.29 is 13.5 Å². The van der Waals surface area contributed by atoms with E-state index in [9.17, 15) is 13.5 Å². The molecular weight excluding hydrogens is 494 g/mol. The molecule has 2 aliphatic rings. The molecule has 36 heavy (non-hydrogen) atoms. The highest BCUT2D eigenvalue weighted by Crippen LogP contribution is 2.35. The summed E-state index contributed by atoms with van der Waals surface area (Å²) in [5.41, 5.74) is 2.41. The average molecular weight is 534 g/mol. The number of sulfonamides is 1. The Morgan fingerprint density at radius 3 is 2.11 bits per heavy atom. The highest BCUT2D eigenvalue weighted by atomic mass is 35.5. The van der Waals surface area contributed by atoms with Crippen molar-refractivity contribution in [2.45, 2.75) is 75.7 Å². The van der Waals surface area contributed by atoms with Crippen LogP contribution in [-0.4, -0.2) is 43.9 Å². The fourth-order valence-corrected chi connectivity index (χ4v) is 6.27. The second kappa shape index (κ2) is 10.9. The number of benzene rings is 2. The van der Waals surface area contributed by atoms with E-state index in [-0.39, 0.29) is 6.04 Å². The summed E-state index contributed by atoms with van der Waals surface area (Å²) in [6.45, 7) is 7.71. The molecule has 6 nitrogen and oxygen atoms in total. The van der Waals surface area contributed by atoms with Crippen molar-refractivity contribution in [3.05, 3.63) is 59.1 Å². The Kier molecular flexibility index (Phi) is 8.25. The second-order valence-electron chi connectivity index (χ2n) is 11.4. The fraction of sp³-hybridized carbons (Fsp3) is 0.571. The van der Waals surface area contributed by atoms with Crippen LogP contribution >= 0.6 is 11.6 Å². The van der Waals surface area contributed by atoms with Crippen molar-refractivity contribution >= 4 is 33.0 Å². The highest BCUT2D eigenvalue weighted by Gasteiger charge is 2.34. The Balaban J connectivity index is 1.22. The number of rotatable bonds is 7. The van der Waals surface area contributed by atoms with Gasteiger partial charge in [0.15, 0.2) is 0 Å². The number of piperidine rings is 1. The number of hydrogen-bond donors (Lipinski definition) is 3. The Morgan fingerprint density at radius 1 is 0.972 bits per heavy atom. The molecule has 2 aromatic rings. The standard InChI is InChI=1S/C28H40ClN3O3S/c1-27(2,3)36(34,35)31-25-10-4-21(5-11-25)20-30-24-12-14-26(15-13-24)32-18-16-28(33,17-19-32)22-6-8-23(29)9-7-22/h6-9,12-15,21,25,30-31,33H,4-5,10-11,16-20H2,1-3H3. The number of anilines is 2. The van der Waals surface area contributed by atoms with E-state index >= 15 is 0 Å². The van der Waals surface area contributed by atoms with Crippen molar-refractivity contribution in [2.24, 2.45) is 5.92 Å². The minimum absolute atomic E-state index is 0.0478. The second-order valence-corrected chi connectivity index (χ2v) is 14.3. The number of halogens is 1. The molecule has 1 aliphatic heterocycles. The van der Waals surface area contributed by atoms with Crippen molar-refractivity contribution in [2.75, 3.05) is 29.9 Å². The molecule has 0 radical (unpaired) electrons. The molecule has 2 fully saturated rings. The highest BCUT2D eigenvalue weighted by molar-refractivity contribution is 7.90. The molecule has 2 aromatic carbocycles. The molecule has 0 atom stereocenters. The summed E-state index contributed by atoms with van der Waals surface area (Å²) in [6, 6.07) is 16.1. The Bertz CT molecular complexity index is 1100. The first-order valence-corrected chi connectivity index (χ1v) is 14.9. The number of hydrogen-bond acceptors (Lipinski definition) is 5. The maximum atomic E-state index is 12.4. The summed E-state index contributed by atoms with van der Waals surface area (Å²) in [6.07, 6.45) is 5.18. The van der Waals surface area contributed by atoms with Gasteiger partial charge >= 0.3 is 0 Å². The zero-order valence-electron chi connectivity index (χ0n) is 21.6. The molecule has 3 N–H and O–H groups in total. The van der Waals surface area contributed by atoms with Crippen LogP contribution in [0, 0.1) is 5.92 Å². The topological polar surface area (TPSA) is 81.7 Å². The van der Waals surface area contributed by atoms with Crippen LogP contribution in [-0.2, 0) is 15.6 Å². The summed E-state index contributed by atoms with van der Waals surface area (Å²) >= 11 is 6.00. The van der Waals surface area contributed by atoms with Gasteiger partial charge in [-0.25, -0.2) is 13.1 Å². The summed E-state index contributed by atoms with van der Waals surface area (Å²) in [7, 11) is -3.29. The smallest absolute Gasteiger partial charge is 0.216 e. The third kappa shape index (κ3) is 6.55. The van der Waals surface area contributed by atoms with Crippen LogP contribution in [0.25, 0.3) is 0 Å². The lowest BCUT2D eigenvalue weighted by Crippen LogP contribution is -2.46. The number of aliphatic hydroxyl groups is 1. The molecule has 1 saturated carbocycles. The molecule has 0 amide bonds. The minimum atomic E-state index is -3.29. The van der Waals surface area contributed by atoms with Gasteiger partial charge in [0.25, 0.3) is 0 Å². The maximum Gasteiger partial charge on any atom is 0.216 e. The van der Waals surface area contributed by atoms with E-state index < -0.39 is 20.4 Å². The van der Waals surface area contributed by atoms with Gasteiger partial charge in [-0.05, 0) is 107 Å². The average Bonchev–Trinajstić information content (AvgIpc) is 2.84. The zero-order valence-corrected chi connectivity index (χ0v) is 23.2. The fourth-order valence-electron chi connectivity index (χ4n) is 5.12. The quantitative estimate of drug-likeness (QED) is 0.437. The SMILES string of the molecule is CC(C)(C)S(=O)(=O)NC1CCC(CNc2ccc(N3CCC(O)(c4ccc(Cl)cc4)CC3)cc2)CC1. The predicted molar refractivity (Wildman–Crippen MR) is 149 cm³/mol. The van der Waals surface area contributed by atoms with Crippen LogP contribution < -0.4 is 14.9 Å². The van der Waals surface area contributed by atoms with Crippen LogP contribution in [0.4, 0.5) is 11.4 Å². The van der Waals surface area contributed by atoms with Gasteiger partial charge in [0.2, 0.25) is 10.0 Å². The van der Waals surface area contributed by atoms with Crippen molar-refractivity contribution in [3.63, 3.8) is 0 Å². The van der Waals surface area contributed by atoms with Gasteiger partial charge in [-0.1, -0.05) is 23.7 Å². The van der Waals surface area contributed by atoms with Crippen LogP contribution in [0.15, 0.2) is 48.5 Å². The monoisotopic (exact) mass is 533 g/mol. The van der Waals surface area contributed by atoms with E-state index in [1.165, 1.54) is 5.69 Å². The van der Waals surface area contributed by atoms with E-state index in [4.69, 9.17) is 11.6 Å². The van der Waals surface area contributed by atoms with Crippen LogP contribution in [0.3, 0.4) is 0 Å². The van der Waals surface area contributed by atoms with E-state index in [0.717, 1.165) is 56.6 Å². The maximum absolute atomic E-state index is 12.4. The summed E-state index contributed by atoms with van der Waals surface area (Å²) in [4.78, 5) is 2.33. The minimum Gasteiger partial charge on any atom is -0.385 e. The Labute approximate surface area is 221 Å². The molecule has 8 heteroatoms. The predicted octanol–water partition coefficient (Wildman–Crippen LogP) is 5.52. The normalized spacial score (nSPS) is 22.9. The molecule has 0 unspecified atom stereocenters. The first-order valence-electron chi connectivity index (χ1n) is 13.0. The Hall–Kier alpha value is -1.80. The molecule has 1 heterocycles. The summed E-state index contributed by atoms with van der Waals surface area (Å²) in [5.74, 6) is 0.549. The van der Waals surface area contributed by atoms with Gasteiger partial charge in [-0.2, -0.15) is 0 Å². The molecule has 1 aliphatic carbocycles. The van der Waals surface area contributed by atoms with E-state index in [2.05, 4.69) is 39.2 Å². The van der Waals surface area contributed by atoms with Gasteiger partial charge in [0, 0.05) is 42.1 Å². The van der Waals surface area contributed by atoms with Gasteiger partial charge in [0.1, 0.15) is 0 Å². The molecule has 4 rings (SSSR count). The first kappa shape index (κ1) is 27.2. The number of nitrogens with zero attached hydrogens (tertiary/aromatic N) is 1. The van der Waals surface area contributed by atoms with Crippen molar-refractivity contribution in [1.82, 2.24) is 4.72 Å². The molecule has 0 bridgehead atoms. The van der Waals surface area contributed by atoms with Gasteiger partial charge in [-0.3, -0.25) is 0 Å². The van der Waals surface area contributed by atoms with Crippen LogP contribution in [0.5, 0.6) is 0 Å². The van der Waals surface area contributed by atoms with Gasteiger partial charge < -0.3 is 15.3 Å². The van der Waals surface area contributed by atoms with Gasteiger partial charge in [-0.15, -0.1) is 0 Å². The summed E-state index contributed by atoms with van der Waals surface area (Å²) in [5, 5.41) is 15.4.